The first kappa shape index (κ1) is 16.5. The Morgan fingerprint density at radius 3 is 2.64 bits per heavy atom. The van der Waals surface area contributed by atoms with Gasteiger partial charge >= 0.3 is 0 Å². The molecule has 4 rings (SSSR count). The summed E-state index contributed by atoms with van der Waals surface area (Å²) in [5, 5.41) is 3.99. The van der Waals surface area contributed by atoms with Crippen LogP contribution in [0.2, 0.25) is 0 Å². The molecule has 0 aromatic carbocycles. The van der Waals surface area contributed by atoms with Crippen LogP contribution in [-0.4, -0.2) is 47.0 Å². The molecule has 2 aliphatic rings. The van der Waals surface area contributed by atoms with E-state index in [2.05, 4.69) is 28.9 Å². The minimum Gasteiger partial charge on any atom is -0.372 e. The number of ether oxygens (including phenoxy) is 2. The first-order valence-electron chi connectivity index (χ1n) is 8.93. The molecule has 2 aliphatic heterocycles. The zero-order valence-electron chi connectivity index (χ0n) is 14.9. The molecule has 2 fully saturated rings. The van der Waals surface area contributed by atoms with E-state index < -0.39 is 0 Å². The molecule has 0 radical (unpaired) electrons. The van der Waals surface area contributed by atoms with Crippen molar-refractivity contribution in [2.75, 3.05) is 24.6 Å². The van der Waals surface area contributed by atoms with Gasteiger partial charge in [0.15, 0.2) is 5.76 Å². The van der Waals surface area contributed by atoms with E-state index in [0.29, 0.717) is 5.76 Å². The largest absolute Gasteiger partial charge is 0.372 e. The Morgan fingerprint density at radius 2 is 2.00 bits per heavy atom. The maximum atomic E-state index is 5.90. The Morgan fingerprint density at radius 1 is 1.20 bits per heavy atom. The van der Waals surface area contributed by atoms with Crippen molar-refractivity contribution in [1.29, 1.82) is 0 Å². The van der Waals surface area contributed by atoms with E-state index in [1.165, 1.54) is 0 Å². The second kappa shape index (κ2) is 6.72. The van der Waals surface area contributed by atoms with E-state index in [0.717, 1.165) is 55.4 Å². The lowest BCUT2D eigenvalue weighted by molar-refractivity contribution is -0.00576. The van der Waals surface area contributed by atoms with Crippen LogP contribution in [0.4, 0.5) is 5.95 Å². The lowest BCUT2D eigenvalue weighted by Gasteiger charge is -2.35. The Hall–Kier alpha value is -1.99. The highest BCUT2D eigenvalue weighted by atomic mass is 16.5. The van der Waals surface area contributed by atoms with Gasteiger partial charge < -0.3 is 18.9 Å². The molecule has 7 nitrogen and oxygen atoms in total. The Kier molecular flexibility index (Phi) is 4.43. The molecule has 134 valence electrons. The summed E-state index contributed by atoms with van der Waals surface area (Å²) in [5.74, 6) is 1.42. The van der Waals surface area contributed by atoms with Crippen LogP contribution in [-0.2, 0) is 9.47 Å². The lowest BCUT2D eigenvalue weighted by atomic mass is 10.1. The number of nitrogens with zero attached hydrogens (tertiary/aromatic N) is 4. The van der Waals surface area contributed by atoms with E-state index in [9.17, 15) is 0 Å². The van der Waals surface area contributed by atoms with Crippen molar-refractivity contribution in [2.45, 2.75) is 51.9 Å². The van der Waals surface area contributed by atoms with E-state index in [4.69, 9.17) is 19.0 Å². The summed E-state index contributed by atoms with van der Waals surface area (Å²) in [7, 11) is 0. The third kappa shape index (κ3) is 3.39. The topological polar surface area (TPSA) is 73.5 Å². The Bertz CT molecular complexity index is 732. The molecule has 2 aromatic heterocycles. The predicted octanol–water partition coefficient (Wildman–Crippen LogP) is 2.91. The van der Waals surface area contributed by atoms with Crippen LogP contribution in [0.5, 0.6) is 0 Å². The van der Waals surface area contributed by atoms with Gasteiger partial charge in [0.25, 0.3) is 0 Å². The molecular formula is C18H24N4O3. The second-order valence-electron chi connectivity index (χ2n) is 6.97. The zero-order valence-corrected chi connectivity index (χ0v) is 14.9. The van der Waals surface area contributed by atoms with Gasteiger partial charge in [-0.1, -0.05) is 5.16 Å². The van der Waals surface area contributed by atoms with E-state index in [1.54, 1.807) is 0 Å². The van der Waals surface area contributed by atoms with Crippen LogP contribution in [0, 0.1) is 6.92 Å². The van der Waals surface area contributed by atoms with Crippen molar-refractivity contribution < 1.29 is 14.0 Å². The molecule has 2 saturated heterocycles. The van der Waals surface area contributed by atoms with Crippen molar-refractivity contribution in [3.63, 3.8) is 0 Å². The van der Waals surface area contributed by atoms with Gasteiger partial charge in [-0.2, -0.15) is 0 Å². The molecule has 4 heterocycles. The standard InChI is InChI=1S/C18H24N4O3/c1-11-7-16(25-21-11)14-8-19-18(20-17(14)15-5-4-6-23-15)22-9-12(2)24-13(3)10-22/h7-8,12-13,15H,4-6,9-10H2,1-3H3/t12-,13-,15-/m1/s1. The molecule has 25 heavy (non-hydrogen) atoms. The predicted molar refractivity (Wildman–Crippen MR) is 92.4 cm³/mol. The smallest absolute Gasteiger partial charge is 0.225 e. The highest BCUT2D eigenvalue weighted by Crippen LogP contribution is 2.35. The molecule has 0 spiro atoms. The number of aryl methyl sites for hydroxylation is 1. The molecule has 0 aliphatic carbocycles. The summed E-state index contributed by atoms with van der Waals surface area (Å²) < 4.78 is 17.2. The summed E-state index contributed by atoms with van der Waals surface area (Å²) in [6, 6.07) is 1.91. The minimum absolute atomic E-state index is 0.0157. The van der Waals surface area contributed by atoms with E-state index in [-0.39, 0.29) is 18.3 Å². The molecule has 7 heteroatoms. The fourth-order valence-corrected chi connectivity index (χ4v) is 3.60. The third-order valence-electron chi connectivity index (χ3n) is 4.64. The lowest BCUT2D eigenvalue weighted by Crippen LogP contribution is -2.46. The second-order valence-corrected chi connectivity index (χ2v) is 6.97. The minimum atomic E-state index is -0.0157. The maximum absolute atomic E-state index is 5.90. The quantitative estimate of drug-likeness (QED) is 0.847. The summed E-state index contributed by atoms with van der Waals surface area (Å²) >= 11 is 0. The van der Waals surface area contributed by atoms with Crippen molar-refractivity contribution >= 4 is 5.95 Å². The third-order valence-corrected chi connectivity index (χ3v) is 4.64. The van der Waals surface area contributed by atoms with Crippen LogP contribution < -0.4 is 4.90 Å². The number of aromatic nitrogens is 3. The summed E-state index contributed by atoms with van der Waals surface area (Å²) in [5.41, 5.74) is 2.60. The highest BCUT2D eigenvalue weighted by molar-refractivity contribution is 5.61. The van der Waals surface area contributed by atoms with Gasteiger partial charge in [0.1, 0.15) is 6.10 Å². The summed E-state index contributed by atoms with van der Waals surface area (Å²) in [6.07, 6.45) is 4.16. The fourth-order valence-electron chi connectivity index (χ4n) is 3.60. The monoisotopic (exact) mass is 344 g/mol. The van der Waals surface area contributed by atoms with Crippen LogP contribution in [0.25, 0.3) is 11.3 Å². The molecule has 0 saturated carbocycles. The van der Waals surface area contributed by atoms with Gasteiger partial charge in [0.05, 0.1) is 29.2 Å². The first-order valence-corrected chi connectivity index (χ1v) is 8.93. The summed E-state index contributed by atoms with van der Waals surface area (Å²) in [4.78, 5) is 11.7. The van der Waals surface area contributed by atoms with Gasteiger partial charge in [0.2, 0.25) is 5.95 Å². The van der Waals surface area contributed by atoms with Gasteiger partial charge in [-0.05, 0) is 33.6 Å². The van der Waals surface area contributed by atoms with Crippen LogP contribution in [0.1, 0.15) is 44.2 Å². The van der Waals surface area contributed by atoms with Gasteiger partial charge in [-0.15, -0.1) is 0 Å². The summed E-state index contributed by atoms with van der Waals surface area (Å²) in [6.45, 7) is 8.41. The molecule has 0 N–H and O–H groups in total. The average Bonchev–Trinajstić information content (AvgIpc) is 3.25. The normalized spacial score (nSPS) is 27.0. The van der Waals surface area contributed by atoms with Gasteiger partial charge in [-0.25, -0.2) is 9.97 Å². The Balaban J connectivity index is 1.71. The van der Waals surface area contributed by atoms with Gasteiger partial charge in [0, 0.05) is 32.0 Å². The molecule has 0 amide bonds. The molecule has 0 unspecified atom stereocenters. The molecular weight excluding hydrogens is 320 g/mol. The zero-order chi connectivity index (χ0) is 17.4. The average molecular weight is 344 g/mol. The van der Waals surface area contributed by atoms with E-state index >= 15 is 0 Å². The first-order chi connectivity index (χ1) is 12.1. The number of hydrogen-bond acceptors (Lipinski definition) is 7. The van der Waals surface area contributed by atoms with Crippen molar-refractivity contribution in [1.82, 2.24) is 15.1 Å². The number of anilines is 1. The Labute approximate surface area is 147 Å². The van der Waals surface area contributed by atoms with Crippen molar-refractivity contribution in [2.24, 2.45) is 0 Å². The molecule has 0 bridgehead atoms. The maximum Gasteiger partial charge on any atom is 0.225 e. The van der Waals surface area contributed by atoms with Crippen molar-refractivity contribution in [3.8, 4) is 11.3 Å². The number of rotatable bonds is 3. The fraction of sp³-hybridized carbons (Fsp3) is 0.611. The number of morpholine rings is 1. The van der Waals surface area contributed by atoms with Crippen LogP contribution in [0.3, 0.4) is 0 Å². The molecule has 3 atom stereocenters. The van der Waals surface area contributed by atoms with Crippen LogP contribution in [0.15, 0.2) is 16.8 Å². The van der Waals surface area contributed by atoms with E-state index in [1.807, 2.05) is 19.2 Å². The number of hydrogen-bond donors (Lipinski definition) is 0. The van der Waals surface area contributed by atoms with Crippen LogP contribution >= 0.6 is 0 Å². The van der Waals surface area contributed by atoms with Crippen molar-refractivity contribution in [3.05, 3.63) is 23.7 Å². The molecule has 2 aromatic rings. The van der Waals surface area contributed by atoms with Gasteiger partial charge in [-0.3, -0.25) is 0 Å². The highest BCUT2D eigenvalue weighted by Gasteiger charge is 2.28. The SMILES string of the molecule is Cc1cc(-c2cnc(N3C[C@@H](C)O[C@H](C)C3)nc2[C@H]2CCCO2)on1.